The van der Waals surface area contributed by atoms with Gasteiger partial charge in [0.25, 0.3) is 0 Å². The van der Waals surface area contributed by atoms with Crippen molar-refractivity contribution in [2.75, 3.05) is 13.1 Å². The lowest BCUT2D eigenvalue weighted by Crippen LogP contribution is -2.45. The number of aromatic nitrogens is 4. The van der Waals surface area contributed by atoms with Gasteiger partial charge in [-0.1, -0.05) is 0 Å². The van der Waals surface area contributed by atoms with Gasteiger partial charge in [0.15, 0.2) is 0 Å². The molecule has 21 heavy (non-hydrogen) atoms. The average Bonchev–Trinajstić information content (AvgIpc) is 3.01. The molecule has 1 aliphatic rings. The molecule has 0 radical (unpaired) electrons. The van der Waals surface area contributed by atoms with Gasteiger partial charge in [0, 0.05) is 31.2 Å². The van der Waals surface area contributed by atoms with Gasteiger partial charge in [-0.25, -0.2) is 0 Å². The van der Waals surface area contributed by atoms with Crippen LogP contribution in [-0.2, 0) is 11.3 Å². The lowest BCUT2D eigenvalue weighted by Gasteiger charge is -2.32. The number of likely N-dealkylation sites (tertiary alicyclic amines) is 1. The van der Waals surface area contributed by atoms with Crippen molar-refractivity contribution in [3.63, 3.8) is 0 Å². The summed E-state index contributed by atoms with van der Waals surface area (Å²) in [6.07, 6.45) is 6.88. The zero-order valence-electron chi connectivity index (χ0n) is 11.6. The summed E-state index contributed by atoms with van der Waals surface area (Å²) in [6.45, 7) is 1.61. The van der Waals surface area contributed by atoms with Crippen molar-refractivity contribution >= 4 is 5.91 Å². The fourth-order valence-electron chi connectivity index (χ4n) is 2.41. The van der Waals surface area contributed by atoms with Crippen LogP contribution in [0.1, 0.15) is 12.8 Å². The van der Waals surface area contributed by atoms with E-state index in [-0.39, 0.29) is 18.6 Å². The van der Waals surface area contributed by atoms with Crippen molar-refractivity contribution in [1.82, 2.24) is 24.9 Å². The molecule has 2 aromatic heterocycles. The highest BCUT2D eigenvalue weighted by Crippen LogP contribution is 2.16. The SMILES string of the molecule is O=C(Cn1cccn1)N1CCC[C@@H](Oc2cccnn2)C1. The van der Waals surface area contributed by atoms with Crippen molar-refractivity contribution in [3.05, 3.63) is 36.8 Å². The predicted octanol–water partition coefficient (Wildman–Crippen LogP) is 0.743. The number of carbonyl (C=O) groups excluding carboxylic acids is 1. The van der Waals surface area contributed by atoms with E-state index in [1.54, 1.807) is 35.4 Å². The van der Waals surface area contributed by atoms with E-state index in [1.807, 2.05) is 11.0 Å². The van der Waals surface area contributed by atoms with Gasteiger partial charge >= 0.3 is 0 Å². The molecule has 0 aliphatic carbocycles. The summed E-state index contributed by atoms with van der Waals surface area (Å²) in [6, 6.07) is 5.37. The number of rotatable bonds is 4. The van der Waals surface area contributed by atoms with Crippen LogP contribution in [0, 0.1) is 0 Å². The molecule has 1 amide bonds. The van der Waals surface area contributed by atoms with Crippen LogP contribution in [-0.4, -0.2) is 50.0 Å². The molecule has 0 aromatic carbocycles. The molecule has 1 fully saturated rings. The number of piperidine rings is 1. The van der Waals surface area contributed by atoms with E-state index in [9.17, 15) is 4.79 Å². The second-order valence-corrected chi connectivity index (χ2v) is 4.99. The molecule has 0 N–H and O–H groups in total. The van der Waals surface area contributed by atoms with Crippen molar-refractivity contribution in [3.8, 4) is 5.88 Å². The first-order valence-electron chi connectivity index (χ1n) is 7.01. The van der Waals surface area contributed by atoms with Crippen LogP contribution >= 0.6 is 0 Å². The molecule has 1 saturated heterocycles. The zero-order chi connectivity index (χ0) is 14.5. The van der Waals surface area contributed by atoms with Gasteiger partial charge in [0.05, 0.1) is 6.54 Å². The van der Waals surface area contributed by atoms with Crippen molar-refractivity contribution in [2.24, 2.45) is 0 Å². The molecule has 3 rings (SSSR count). The Kier molecular flexibility index (Phi) is 4.09. The number of carbonyl (C=O) groups is 1. The Balaban J connectivity index is 1.56. The second-order valence-electron chi connectivity index (χ2n) is 4.99. The number of ether oxygens (including phenoxy) is 1. The molecule has 3 heterocycles. The zero-order valence-corrected chi connectivity index (χ0v) is 11.6. The van der Waals surface area contributed by atoms with Gasteiger partial charge < -0.3 is 9.64 Å². The molecule has 2 aromatic rings. The Labute approximate surface area is 122 Å². The van der Waals surface area contributed by atoms with Gasteiger partial charge in [0.2, 0.25) is 11.8 Å². The molecule has 0 spiro atoms. The van der Waals surface area contributed by atoms with Crippen LogP contribution in [0.15, 0.2) is 36.8 Å². The Morgan fingerprint density at radius 2 is 2.33 bits per heavy atom. The molecule has 0 saturated carbocycles. The first kappa shape index (κ1) is 13.5. The third-order valence-corrected chi connectivity index (χ3v) is 3.42. The smallest absolute Gasteiger partial charge is 0.244 e. The Morgan fingerprint density at radius 3 is 3.10 bits per heavy atom. The molecule has 1 atom stereocenters. The van der Waals surface area contributed by atoms with Gasteiger partial charge in [-0.15, -0.1) is 5.10 Å². The van der Waals surface area contributed by atoms with Crippen molar-refractivity contribution < 1.29 is 9.53 Å². The highest BCUT2D eigenvalue weighted by molar-refractivity contribution is 5.76. The molecular weight excluding hydrogens is 270 g/mol. The molecule has 0 unspecified atom stereocenters. The maximum Gasteiger partial charge on any atom is 0.244 e. The number of amides is 1. The van der Waals surface area contributed by atoms with Gasteiger partial charge in [0.1, 0.15) is 12.6 Å². The monoisotopic (exact) mass is 287 g/mol. The maximum absolute atomic E-state index is 12.2. The largest absolute Gasteiger partial charge is 0.471 e. The van der Waals surface area contributed by atoms with Gasteiger partial charge in [-0.05, 0) is 25.0 Å². The third kappa shape index (κ3) is 3.56. The quantitative estimate of drug-likeness (QED) is 0.829. The van der Waals surface area contributed by atoms with E-state index in [4.69, 9.17) is 4.74 Å². The summed E-state index contributed by atoms with van der Waals surface area (Å²) in [5.41, 5.74) is 0. The predicted molar refractivity (Wildman–Crippen MR) is 74.5 cm³/mol. The minimum atomic E-state index is -0.0305. The molecule has 0 bridgehead atoms. The van der Waals surface area contributed by atoms with Crippen LogP contribution in [0.3, 0.4) is 0 Å². The van der Waals surface area contributed by atoms with Crippen LogP contribution in [0.5, 0.6) is 5.88 Å². The maximum atomic E-state index is 12.2. The molecular formula is C14H17N5O2. The van der Waals surface area contributed by atoms with E-state index in [0.717, 1.165) is 19.4 Å². The fourth-order valence-corrected chi connectivity index (χ4v) is 2.41. The number of hydrogen-bond acceptors (Lipinski definition) is 5. The third-order valence-electron chi connectivity index (χ3n) is 3.42. The Morgan fingerprint density at radius 1 is 1.38 bits per heavy atom. The summed E-state index contributed by atoms with van der Waals surface area (Å²) < 4.78 is 7.42. The molecule has 1 aliphatic heterocycles. The Hall–Kier alpha value is -2.44. The highest BCUT2D eigenvalue weighted by Gasteiger charge is 2.25. The fraction of sp³-hybridized carbons (Fsp3) is 0.429. The van der Waals surface area contributed by atoms with E-state index in [0.29, 0.717) is 12.4 Å². The minimum absolute atomic E-state index is 0.0305. The second kappa shape index (κ2) is 6.34. The Bertz CT molecular complexity index is 572. The number of nitrogens with zero attached hydrogens (tertiary/aromatic N) is 5. The summed E-state index contributed by atoms with van der Waals surface area (Å²) >= 11 is 0. The van der Waals surface area contributed by atoms with Gasteiger partial charge in [-0.3, -0.25) is 9.48 Å². The average molecular weight is 287 g/mol. The summed E-state index contributed by atoms with van der Waals surface area (Å²) in [5.74, 6) is 0.565. The molecule has 7 nitrogen and oxygen atoms in total. The van der Waals surface area contributed by atoms with E-state index in [1.165, 1.54) is 0 Å². The molecule has 110 valence electrons. The summed E-state index contributed by atoms with van der Waals surface area (Å²) in [5, 5.41) is 11.8. The van der Waals surface area contributed by atoms with Crippen molar-refractivity contribution in [1.29, 1.82) is 0 Å². The number of hydrogen-bond donors (Lipinski definition) is 0. The van der Waals surface area contributed by atoms with E-state index in [2.05, 4.69) is 15.3 Å². The highest BCUT2D eigenvalue weighted by atomic mass is 16.5. The lowest BCUT2D eigenvalue weighted by atomic mass is 10.1. The van der Waals surface area contributed by atoms with Gasteiger partial charge in [-0.2, -0.15) is 10.2 Å². The van der Waals surface area contributed by atoms with Crippen molar-refractivity contribution in [2.45, 2.75) is 25.5 Å². The van der Waals surface area contributed by atoms with E-state index >= 15 is 0 Å². The first-order chi connectivity index (χ1) is 10.3. The van der Waals surface area contributed by atoms with Crippen LogP contribution in [0.2, 0.25) is 0 Å². The van der Waals surface area contributed by atoms with Crippen LogP contribution < -0.4 is 4.74 Å². The normalized spacial score (nSPS) is 18.5. The minimum Gasteiger partial charge on any atom is -0.471 e. The van der Waals surface area contributed by atoms with Crippen LogP contribution in [0.25, 0.3) is 0 Å². The lowest BCUT2D eigenvalue weighted by molar-refractivity contribution is -0.134. The van der Waals surface area contributed by atoms with Crippen LogP contribution in [0.4, 0.5) is 0 Å². The topological polar surface area (TPSA) is 73.1 Å². The summed E-state index contributed by atoms with van der Waals surface area (Å²) in [7, 11) is 0. The molecule has 7 heteroatoms. The summed E-state index contributed by atoms with van der Waals surface area (Å²) in [4.78, 5) is 14.1. The first-order valence-corrected chi connectivity index (χ1v) is 7.01. The van der Waals surface area contributed by atoms with E-state index < -0.39 is 0 Å². The standard InChI is InChI=1S/C14H17N5O2/c20-14(11-19-9-3-7-16-19)18-8-2-4-12(10-18)21-13-5-1-6-15-17-13/h1,3,5-7,9,12H,2,4,8,10-11H2/t12-/m1/s1.